The fourth-order valence-electron chi connectivity index (χ4n) is 1.31. The van der Waals surface area contributed by atoms with Crippen LogP contribution in [0, 0.1) is 5.82 Å². The molecule has 0 atom stereocenters. The van der Waals surface area contributed by atoms with E-state index in [1.54, 1.807) is 5.38 Å². The summed E-state index contributed by atoms with van der Waals surface area (Å²) in [4.78, 5) is 3.96. The molecule has 8 heteroatoms. The first-order valence-electron chi connectivity index (χ1n) is 5.14. The van der Waals surface area contributed by atoms with Gasteiger partial charge in [0.25, 0.3) is 0 Å². The minimum Gasteiger partial charge on any atom is -0.496 e. The molecule has 0 amide bonds. The molecule has 2 rings (SSSR count). The Morgan fingerprint density at radius 3 is 3.00 bits per heavy atom. The summed E-state index contributed by atoms with van der Waals surface area (Å²) in [5, 5.41) is 6.13. The van der Waals surface area contributed by atoms with Gasteiger partial charge < -0.3 is 10.5 Å². The molecule has 0 saturated carbocycles. The Bertz CT molecular complexity index is 617. The molecule has 3 N–H and O–H groups in total. The van der Waals surface area contributed by atoms with Gasteiger partial charge in [-0.25, -0.2) is 9.37 Å². The predicted molar refractivity (Wildman–Crippen MR) is 78.4 cm³/mol. The Balaban J connectivity index is 2.18. The second-order valence-corrected chi connectivity index (χ2v) is 5.08. The molecule has 0 aliphatic rings. The summed E-state index contributed by atoms with van der Waals surface area (Å²) in [6.07, 6.45) is 1.35. The summed E-state index contributed by atoms with van der Waals surface area (Å²) >= 11 is 4.58. The standard InChI is InChI=1S/C11H10BrFN4OS/c1-18-8-3-2-7(13)6(10(8)12)4-15-17-11-16-9(14)5-19-11/h2-5H,14H2,1H3,(H,16,17). The maximum Gasteiger partial charge on any atom is 0.205 e. The lowest BCUT2D eigenvalue weighted by molar-refractivity contribution is 0.411. The van der Waals surface area contributed by atoms with Crippen LogP contribution >= 0.6 is 27.3 Å². The Morgan fingerprint density at radius 1 is 1.58 bits per heavy atom. The zero-order valence-corrected chi connectivity index (χ0v) is 12.3. The fraction of sp³-hybridized carbons (Fsp3) is 0.0909. The first kappa shape index (κ1) is 13.8. The van der Waals surface area contributed by atoms with Crippen molar-refractivity contribution in [3.8, 4) is 5.75 Å². The second kappa shape index (κ2) is 5.98. The molecule has 0 unspecified atom stereocenters. The molecule has 0 saturated heterocycles. The van der Waals surface area contributed by atoms with E-state index in [4.69, 9.17) is 10.5 Å². The van der Waals surface area contributed by atoms with Crippen molar-refractivity contribution in [3.05, 3.63) is 33.4 Å². The third-order valence-corrected chi connectivity index (χ3v) is 3.77. The molecule has 0 spiro atoms. The van der Waals surface area contributed by atoms with Crippen LogP contribution in [0.15, 0.2) is 27.1 Å². The van der Waals surface area contributed by atoms with Crippen LogP contribution in [-0.2, 0) is 0 Å². The van der Waals surface area contributed by atoms with E-state index in [1.807, 2.05) is 0 Å². The van der Waals surface area contributed by atoms with Crippen molar-refractivity contribution in [1.82, 2.24) is 4.98 Å². The molecule has 2 aromatic rings. The topological polar surface area (TPSA) is 72.5 Å². The molecule has 0 fully saturated rings. The number of nitrogens with zero attached hydrogens (tertiary/aromatic N) is 2. The van der Waals surface area contributed by atoms with Crippen LogP contribution in [0.25, 0.3) is 0 Å². The zero-order chi connectivity index (χ0) is 13.8. The van der Waals surface area contributed by atoms with E-state index in [2.05, 4.69) is 31.4 Å². The molecule has 0 radical (unpaired) electrons. The van der Waals surface area contributed by atoms with Crippen molar-refractivity contribution in [2.75, 3.05) is 18.3 Å². The van der Waals surface area contributed by atoms with Gasteiger partial charge >= 0.3 is 0 Å². The first-order valence-corrected chi connectivity index (χ1v) is 6.81. The van der Waals surface area contributed by atoms with E-state index >= 15 is 0 Å². The van der Waals surface area contributed by atoms with E-state index in [0.717, 1.165) is 0 Å². The highest BCUT2D eigenvalue weighted by Gasteiger charge is 2.10. The summed E-state index contributed by atoms with van der Waals surface area (Å²) in [5.74, 6) is 0.537. The minimum atomic E-state index is -0.406. The number of nitrogens with one attached hydrogen (secondary N) is 1. The van der Waals surface area contributed by atoms with Gasteiger partial charge in [-0.1, -0.05) is 0 Å². The summed E-state index contributed by atoms with van der Waals surface area (Å²) < 4.78 is 19.2. The molecule has 5 nitrogen and oxygen atoms in total. The number of thiazole rings is 1. The molecule has 19 heavy (non-hydrogen) atoms. The molecule has 0 aliphatic heterocycles. The first-order chi connectivity index (χ1) is 9.11. The lowest BCUT2D eigenvalue weighted by Gasteiger charge is -2.06. The SMILES string of the molecule is COc1ccc(F)c(C=NNc2nc(N)cs2)c1Br. The normalized spacial score (nSPS) is 10.9. The molecule has 1 aromatic heterocycles. The average Bonchev–Trinajstić information content (AvgIpc) is 2.79. The van der Waals surface area contributed by atoms with Crippen LogP contribution < -0.4 is 15.9 Å². The Morgan fingerprint density at radius 2 is 2.37 bits per heavy atom. The minimum absolute atomic E-state index is 0.288. The molecule has 1 heterocycles. The van der Waals surface area contributed by atoms with Crippen LogP contribution in [0.1, 0.15) is 5.56 Å². The summed E-state index contributed by atoms with van der Waals surface area (Å²) in [6.45, 7) is 0. The van der Waals surface area contributed by atoms with Gasteiger partial charge in [0.05, 0.1) is 17.8 Å². The van der Waals surface area contributed by atoms with Crippen molar-refractivity contribution < 1.29 is 9.13 Å². The van der Waals surface area contributed by atoms with Crippen LogP contribution in [0.2, 0.25) is 0 Å². The number of ether oxygens (including phenoxy) is 1. The highest BCUT2D eigenvalue weighted by molar-refractivity contribution is 9.10. The van der Waals surface area contributed by atoms with Crippen LogP contribution in [0.3, 0.4) is 0 Å². The fourth-order valence-corrected chi connectivity index (χ4v) is 2.45. The van der Waals surface area contributed by atoms with Crippen molar-refractivity contribution in [2.45, 2.75) is 0 Å². The Kier molecular flexibility index (Phi) is 4.33. The van der Waals surface area contributed by atoms with Crippen molar-refractivity contribution in [2.24, 2.45) is 5.10 Å². The summed E-state index contributed by atoms with van der Waals surface area (Å²) in [5.41, 5.74) is 8.43. The number of hydrogen-bond donors (Lipinski definition) is 2. The van der Waals surface area contributed by atoms with E-state index in [0.29, 0.717) is 21.2 Å². The van der Waals surface area contributed by atoms with E-state index in [1.165, 1.54) is 36.8 Å². The summed E-state index contributed by atoms with van der Waals surface area (Å²) in [6, 6.07) is 2.85. The monoisotopic (exact) mass is 344 g/mol. The van der Waals surface area contributed by atoms with Gasteiger partial charge in [0.2, 0.25) is 5.13 Å². The third kappa shape index (κ3) is 3.21. The largest absolute Gasteiger partial charge is 0.496 e. The van der Waals surface area contributed by atoms with Crippen molar-refractivity contribution >= 4 is 44.4 Å². The molecular formula is C11H10BrFN4OS. The number of methoxy groups -OCH3 is 1. The number of hydrogen-bond acceptors (Lipinski definition) is 6. The van der Waals surface area contributed by atoms with Gasteiger partial charge in [0.1, 0.15) is 17.4 Å². The van der Waals surface area contributed by atoms with Gasteiger partial charge in [0.15, 0.2) is 0 Å². The third-order valence-electron chi connectivity index (χ3n) is 2.19. The van der Waals surface area contributed by atoms with Gasteiger partial charge in [-0.2, -0.15) is 5.10 Å². The summed E-state index contributed by atoms with van der Waals surface area (Å²) in [7, 11) is 1.51. The van der Waals surface area contributed by atoms with E-state index in [-0.39, 0.29) is 5.56 Å². The maximum atomic E-state index is 13.7. The highest BCUT2D eigenvalue weighted by Crippen LogP contribution is 2.29. The Labute approximate surface area is 121 Å². The van der Waals surface area contributed by atoms with Gasteiger partial charge in [-0.05, 0) is 28.1 Å². The number of rotatable bonds is 4. The van der Waals surface area contributed by atoms with Crippen LogP contribution in [0.5, 0.6) is 5.75 Å². The smallest absolute Gasteiger partial charge is 0.205 e. The van der Waals surface area contributed by atoms with Gasteiger partial charge in [0, 0.05) is 10.9 Å². The van der Waals surface area contributed by atoms with Crippen molar-refractivity contribution in [3.63, 3.8) is 0 Å². The molecule has 0 bridgehead atoms. The van der Waals surface area contributed by atoms with Gasteiger partial charge in [-0.15, -0.1) is 11.3 Å². The Hall–Kier alpha value is -1.67. The lowest BCUT2D eigenvalue weighted by Crippen LogP contribution is -1.96. The number of halogens is 2. The van der Waals surface area contributed by atoms with Crippen molar-refractivity contribution in [1.29, 1.82) is 0 Å². The van der Waals surface area contributed by atoms with Crippen LogP contribution in [0.4, 0.5) is 15.3 Å². The van der Waals surface area contributed by atoms with E-state index < -0.39 is 5.82 Å². The number of anilines is 2. The zero-order valence-electron chi connectivity index (χ0n) is 9.85. The number of aromatic nitrogens is 1. The van der Waals surface area contributed by atoms with Crippen LogP contribution in [-0.4, -0.2) is 18.3 Å². The maximum absolute atomic E-state index is 13.7. The lowest BCUT2D eigenvalue weighted by atomic mass is 10.2. The molecule has 0 aliphatic carbocycles. The number of nitrogen functional groups attached to an aromatic ring is 1. The highest BCUT2D eigenvalue weighted by atomic mass is 79.9. The molecule has 100 valence electrons. The molecular weight excluding hydrogens is 335 g/mol. The second-order valence-electron chi connectivity index (χ2n) is 3.42. The van der Waals surface area contributed by atoms with Gasteiger partial charge in [-0.3, -0.25) is 5.43 Å². The quantitative estimate of drug-likeness (QED) is 0.660. The van der Waals surface area contributed by atoms with E-state index in [9.17, 15) is 4.39 Å². The molecule has 1 aromatic carbocycles. The number of nitrogens with two attached hydrogens (primary N) is 1. The number of hydrazone groups is 1. The predicted octanol–water partition coefficient (Wildman–Crippen LogP) is 3.08. The average molecular weight is 345 g/mol. The number of benzene rings is 1.